The molecule has 0 saturated carbocycles. The van der Waals surface area contributed by atoms with Gasteiger partial charge in [-0.3, -0.25) is 4.79 Å². The molecule has 0 heterocycles. The average Bonchev–Trinajstić information content (AvgIpc) is 1.82. The molecule has 4 heteroatoms. The van der Waals surface area contributed by atoms with E-state index in [4.69, 9.17) is 0 Å². The Morgan fingerprint density at radius 2 is 2.22 bits per heavy atom. The lowest BCUT2D eigenvalue weighted by Crippen LogP contribution is -2.11. The van der Waals surface area contributed by atoms with E-state index in [1.54, 1.807) is 0 Å². The summed E-state index contributed by atoms with van der Waals surface area (Å²) >= 11 is 0. The van der Waals surface area contributed by atoms with Crippen molar-refractivity contribution in [3.8, 4) is 0 Å². The maximum absolute atomic E-state index is 11.3. The highest BCUT2D eigenvalue weighted by Gasteiger charge is 2.13. The number of halogens is 2. The lowest BCUT2D eigenvalue weighted by Gasteiger charge is -1.95. The zero-order valence-corrected chi connectivity index (χ0v) is 5.06. The molecule has 0 aliphatic carbocycles. The zero-order valence-electron chi connectivity index (χ0n) is 5.06. The highest BCUT2D eigenvalue weighted by molar-refractivity contribution is 5.81. The van der Waals surface area contributed by atoms with E-state index in [1.165, 1.54) is 7.11 Å². The van der Waals surface area contributed by atoms with Gasteiger partial charge in [-0.1, -0.05) is 0 Å². The molecule has 0 spiro atoms. The van der Waals surface area contributed by atoms with E-state index in [2.05, 4.69) is 4.74 Å². The molecule has 0 saturated heterocycles. The Kier molecular flexibility index (Phi) is 4.13. The first-order valence-corrected chi connectivity index (χ1v) is 2.48. The number of ether oxygens (including phenoxy) is 1. The molecule has 0 aromatic heterocycles. The summed E-state index contributed by atoms with van der Waals surface area (Å²) in [6, 6.07) is 0. The number of methoxy groups -OCH3 is 1. The van der Waals surface area contributed by atoms with Crippen molar-refractivity contribution < 1.29 is 18.3 Å². The third-order valence-corrected chi connectivity index (χ3v) is 0.796. The van der Waals surface area contributed by atoms with Gasteiger partial charge < -0.3 is 4.74 Å². The van der Waals surface area contributed by atoms with Gasteiger partial charge >= 0.3 is 0 Å². The molecule has 0 N–H and O–H groups in total. The fourth-order valence-electron chi connectivity index (χ4n) is 0.312. The number of alkyl halides is 2. The van der Waals surface area contributed by atoms with Crippen molar-refractivity contribution in [2.75, 3.05) is 13.7 Å². The Labute approximate surface area is 51.8 Å². The monoisotopic (exact) mass is 138 g/mol. The third-order valence-electron chi connectivity index (χ3n) is 0.796. The number of carbonyl (C=O) groups excluding carboxylic acids is 1. The third kappa shape index (κ3) is 4.02. The summed E-state index contributed by atoms with van der Waals surface area (Å²) in [6.07, 6.45) is -3.05. The summed E-state index contributed by atoms with van der Waals surface area (Å²) in [5, 5.41) is 0. The minimum absolute atomic E-state index is 0.0726. The predicted molar refractivity (Wildman–Crippen MR) is 27.5 cm³/mol. The van der Waals surface area contributed by atoms with Gasteiger partial charge in [-0.15, -0.1) is 0 Å². The van der Waals surface area contributed by atoms with Crippen LogP contribution >= 0.6 is 0 Å². The van der Waals surface area contributed by atoms with E-state index >= 15 is 0 Å². The van der Waals surface area contributed by atoms with Gasteiger partial charge in [0.05, 0.1) is 6.61 Å². The zero-order chi connectivity index (χ0) is 7.28. The van der Waals surface area contributed by atoms with Gasteiger partial charge in [0.1, 0.15) is 0 Å². The van der Waals surface area contributed by atoms with Crippen LogP contribution < -0.4 is 0 Å². The van der Waals surface area contributed by atoms with Crippen molar-refractivity contribution in [2.45, 2.75) is 12.8 Å². The van der Waals surface area contributed by atoms with Crippen molar-refractivity contribution in [3.05, 3.63) is 0 Å². The van der Waals surface area contributed by atoms with Gasteiger partial charge in [-0.2, -0.15) is 0 Å². The molecule has 0 amide bonds. The number of hydrogen-bond donors (Lipinski definition) is 0. The van der Waals surface area contributed by atoms with Crippen molar-refractivity contribution in [1.29, 1.82) is 0 Å². The molecule has 0 fully saturated rings. The van der Waals surface area contributed by atoms with Crippen LogP contribution in [0.25, 0.3) is 0 Å². The number of carbonyl (C=O) groups is 1. The molecular weight excluding hydrogens is 130 g/mol. The Bertz CT molecular complexity index is 93.0. The van der Waals surface area contributed by atoms with Crippen LogP contribution in [0, 0.1) is 0 Å². The van der Waals surface area contributed by atoms with E-state index in [-0.39, 0.29) is 13.0 Å². The highest BCUT2D eigenvalue weighted by atomic mass is 19.3. The van der Waals surface area contributed by atoms with Gasteiger partial charge in [0.15, 0.2) is 0 Å². The van der Waals surface area contributed by atoms with Gasteiger partial charge in [0, 0.05) is 13.5 Å². The first-order chi connectivity index (χ1) is 4.18. The van der Waals surface area contributed by atoms with Gasteiger partial charge in [0.2, 0.25) is 5.78 Å². The summed E-state index contributed by atoms with van der Waals surface area (Å²) < 4.78 is 27.1. The van der Waals surface area contributed by atoms with E-state index in [0.717, 1.165) is 0 Å². The van der Waals surface area contributed by atoms with Crippen LogP contribution in [0.5, 0.6) is 0 Å². The largest absolute Gasteiger partial charge is 0.384 e. The number of Topliss-reactive ketones (excluding diaryl/α,β-unsaturated/α-hetero) is 1. The van der Waals surface area contributed by atoms with Crippen LogP contribution in [-0.4, -0.2) is 25.9 Å². The van der Waals surface area contributed by atoms with Gasteiger partial charge in [-0.25, -0.2) is 8.78 Å². The Balaban J connectivity index is 3.28. The second kappa shape index (κ2) is 4.38. The van der Waals surface area contributed by atoms with Crippen molar-refractivity contribution in [1.82, 2.24) is 0 Å². The molecule has 0 aliphatic rings. The molecule has 0 aromatic carbocycles. The minimum Gasteiger partial charge on any atom is -0.384 e. The average molecular weight is 138 g/mol. The molecule has 54 valence electrons. The molecular formula is C5H8F2O2. The Morgan fingerprint density at radius 3 is 2.56 bits per heavy atom. The SMILES string of the molecule is COCCC(=O)C(F)F. The second-order valence-corrected chi connectivity index (χ2v) is 1.51. The first-order valence-electron chi connectivity index (χ1n) is 2.48. The van der Waals surface area contributed by atoms with Crippen LogP contribution in [0.3, 0.4) is 0 Å². The minimum atomic E-state index is -2.85. The number of rotatable bonds is 4. The molecule has 2 nitrogen and oxygen atoms in total. The van der Waals surface area contributed by atoms with Crippen LogP contribution in [0.15, 0.2) is 0 Å². The molecule has 0 unspecified atom stereocenters. The predicted octanol–water partition coefficient (Wildman–Crippen LogP) is 0.857. The molecule has 0 bridgehead atoms. The van der Waals surface area contributed by atoms with E-state index in [0.29, 0.717) is 0 Å². The van der Waals surface area contributed by atoms with Crippen LogP contribution in [-0.2, 0) is 9.53 Å². The molecule has 0 atom stereocenters. The lowest BCUT2D eigenvalue weighted by atomic mass is 10.3. The quantitative estimate of drug-likeness (QED) is 0.575. The number of hydrogen-bond acceptors (Lipinski definition) is 2. The smallest absolute Gasteiger partial charge is 0.296 e. The fourth-order valence-corrected chi connectivity index (χ4v) is 0.312. The normalized spacial score (nSPS) is 10.2. The molecule has 0 rings (SSSR count). The van der Waals surface area contributed by atoms with Crippen molar-refractivity contribution in [2.24, 2.45) is 0 Å². The second-order valence-electron chi connectivity index (χ2n) is 1.51. The Morgan fingerprint density at radius 1 is 1.67 bits per heavy atom. The molecule has 0 radical (unpaired) electrons. The van der Waals surface area contributed by atoms with Crippen LogP contribution in [0.4, 0.5) is 8.78 Å². The summed E-state index contributed by atoms with van der Waals surface area (Å²) in [6.45, 7) is 0.0726. The summed E-state index contributed by atoms with van der Waals surface area (Å²) in [4.78, 5) is 10.1. The topological polar surface area (TPSA) is 26.3 Å². The molecule has 0 aromatic rings. The van der Waals surface area contributed by atoms with E-state index in [9.17, 15) is 13.6 Å². The highest BCUT2D eigenvalue weighted by Crippen LogP contribution is 1.97. The van der Waals surface area contributed by atoms with Crippen molar-refractivity contribution >= 4 is 5.78 Å². The standard InChI is InChI=1S/C5H8F2O2/c1-9-3-2-4(8)5(6)7/h5H,2-3H2,1H3. The summed E-state index contributed by atoms with van der Waals surface area (Å²) in [5.41, 5.74) is 0. The fraction of sp³-hybridized carbons (Fsp3) is 0.800. The van der Waals surface area contributed by atoms with Crippen LogP contribution in [0.1, 0.15) is 6.42 Å². The lowest BCUT2D eigenvalue weighted by molar-refractivity contribution is -0.130. The maximum Gasteiger partial charge on any atom is 0.296 e. The molecule has 0 aliphatic heterocycles. The van der Waals surface area contributed by atoms with Gasteiger partial charge in [0.25, 0.3) is 6.43 Å². The Hall–Kier alpha value is -0.510. The number of ketones is 1. The van der Waals surface area contributed by atoms with Crippen molar-refractivity contribution in [3.63, 3.8) is 0 Å². The summed E-state index contributed by atoms with van der Waals surface area (Å²) in [7, 11) is 1.36. The first kappa shape index (κ1) is 8.49. The van der Waals surface area contributed by atoms with Crippen LogP contribution in [0.2, 0.25) is 0 Å². The molecule has 9 heavy (non-hydrogen) atoms. The van der Waals surface area contributed by atoms with E-state index < -0.39 is 12.2 Å². The van der Waals surface area contributed by atoms with Gasteiger partial charge in [-0.05, 0) is 0 Å². The maximum atomic E-state index is 11.3. The summed E-state index contributed by atoms with van der Waals surface area (Å²) in [5.74, 6) is -1.06. The van der Waals surface area contributed by atoms with E-state index in [1.807, 2.05) is 0 Å².